The van der Waals surface area contributed by atoms with Crippen molar-refractivity contribution < 1.29 is 13.2 Å². The summed E-state index contributed by atoms with van der Waals surface area (Å²) in [6, 6.07) is 18.2. The van der Waals surface area contributed by atoms with Crippen molar-refractivity contribution in [2.75, 3.05) is 31.1 Å². The zero-order chi connectivity index (χ0) is 23.4. The molecule has 1 aliphatic heterocycles. The largest absolute Gasteiger partial charge is 0.368 e. The van der Waals surface area contributed by atoms with Gasteiger partial charge in [0.15, 0.2) is 0 Å². The van der Waals surface area contributed by atoms with Crippen molar-refractivity contribution in [2.45, 2.75) is 30.5 Å². The van der Waals surface area contributed by atoms with Crippen molar-refractivity contribution in [2.24, 2.45) is 0 Å². The molecule has 2 aromatic carbocycles. The Hall–Kier alpha value is -2.68. The second-order valence-electron chi connectivity index (χ2n) is 8.33. The summed E-state index contributed by atoms with van der Waals surface area (Å²) in [4.78, 5) is 17.6. The van der Waals surface area contributed by atoms with Crippen LogP contribution in [-0.2, 0) is 21.2 Å². The number of amides is 1. The van der Waals surface area contributed by atoms with E-state index in [-0.39, 0.29) is 10.1 Å². The van der Waals surface area contributed by atoms with E-state index >= 15 is 0 Å². The smallest absolute Gasteiger partial charge is 0.250 e. The molecule has 174 valence electrons. The fourth-order valence-corrected chi connectivity index (χ4v) is 6.36. The van der Waals surface area contributed by atoms with Gasteiger partial charge in [-0.15, -0.1) is 11.3 Å². The molecule has 1 aliphatic rings. The molecule has 1 saturated heterocycles. The van der Waals surface area contributed by atoms with Crippen LogP contribution in [0.2, 0.25) is 0 Å². The summed E-state index contributed by atoms with van der Waals surface area (Å²) in [5, 5.41) is 1.72. The Kier molecular flexibility index (Phi) is 7.17. The zero-order valence-corrected chi connectivity index (χ0v) is 20.5. The fourth-order valence-electron chi connectivity index (χ4n) is 4.16. The van der Waals surface area contributed by atoms with Crippen LogP contribution in [0.3, 0.4) is 0 Å². The first-order chi connectivity index (χ1) is 15.8. The number of thiophene rings is 1. The fraction of sp³-hybridized carbons (Fsp3) is 0.320. The topological polar surface area (TPSA) is 69.7 Å². The SMILES string of the molecule is Cc1cccc(N2CCN(C(=O)[C@@H](Cc3ccccc3)NS(=O)(=O)c3cccs3)CC2)c1C. The van der Waals surface area contributed by atoms with Crippen molar-refractivity contribution in [1.82, 2.24) is 9.62 Å². The maximum absolute atomic E-state index is 13.5. The lowest BCUT2D eigenvalue weighted by molar-refractivity contribution is -0.133. The first-order valence-corrected chi connectivity index (χ1v) is 13.4. The minimum atomic E-state index is -3.77. The van der Waals surface area contributed by atoms with E-state index in [9.17, 15) is 13.2 Å². The molecule has 1 aromatic heterocycles. The average Bonchev–Trinajstić information content (AvgIpc) is 3.37. The predicted molar refractivity (Wildman–Crippen MR) is 133 cm³/mol. The Labute approximate surface area is 199 Å². The van der Waals surface area contributed by atoms with Crippen LogP contribution in [0.4, 0.5) is 5.69 Å². The van der Waals surface area contributed by atoms with E-state index in [0.717, 1.165) is 16.9 Å². The van der Waals surface area contributed by atoms with Crippen LogP contribution < -0.4 is 9.62 Å². The van der Waals surface area contributed by atoms with Gasteiger partial charge in [-0.2, -0.15) is 4.72 Å². The number of hydrogen-bond acceptors (Lipinski definition) is 5. The normalized spacial score (nSPS) is 15.5. The van der Waals surface area contributed by atoms with Crippen molar-refractivity contribution in [3.05, 3.63) is 82.7 Å². The minimum absolute atomic E-state index is 0.181. The van der Waals surface area contributed by atoms with Gasteiger partial charge in [0, 0.05) is 31.9 Å². The second kappa shape index (κ2) is 10.1. The lowest BCUT2D eigenvalue weighted by atomic mass is 10.0. The third-order valence-electron chi connectivity index (χ3n) is 6.15. The highest BCUT2D eigenvalue weighted by molar-refractivity contribution is 7.91. The summed E-state index contributed by atoms with van der Waals surface area (Å²) in [5.74, 6) is -0.181. The number of sulfonamides is 1. The van der Waals surface area contributed by atoms with E-state index in [2.05, 4.69) is 41.7 Å². The first kappa shape index (κ1) is 23.5. The number of rotatable bonds is 7. The Balaban J connectivity index is 1.50. The van der Waals surface area contributed by atoms with Crippen LogP contribution in [0.5, 0.6) is 0 Å². The van der Waals surface area contributed by atoms with Gasteiger partial charge in [-0.25, -0.2) is 8.42 Å². The third kappa shape index (κ3) is 5.46. The molecule has 1 N–H and O–H groups in total. The van der Waals surface area contributed by atoms with Gasteiger partial charge < -0.3 is 9.80 Å². The van der Waals surface area contributed by atoms with Crippen LogP contribution in [0.1, 0.15) is 16.7 Å². The second-order valence-corrected chi connectivity index (χ2v) is 11.2. The molecule has 0 saturated carbocycles. The summed E-state index contributed by atoms with van der Waals surface area (Å²) in [7, 11) is -3.77. The van der Waals surface area contributed by atoms with Gasteiger partial charge in [-0.05, 0) is 54.5 Å². The Morgan fingerprint density at radius 2 is 1.70 bits per heavy atom. The number of benzene rings is 2. The molecule has 33 heavy (non-hydrogen) atoms. The highest BCUT2D eigenvalue weighted by Gasteiger charge is 2.32. The van der Waals surface area contributed by atoms with Gasteiger partial charge in [0.1, 0.15) is 10.3 Å². The van der Waals surface area contributed by atoms with Crippen molar-refractivity contribution in [3.8, 4) is 0 Å². The number of anilines is 1. The van der Waals surface area contributed by atoms with E-state index in [1.807, 2.05) is 30.3 Å². The maximum Gasteiger partial charge on any atom is 0.250 e. The molecular weight excluding hydrogens is 454 g/mol. The Morgan fingerprint density at radius 1 is 0.970 bits per heavy atom. The first-order valence-electron chi connectivity index (χ1n) is 11.0. The number of nitrogens with zero attached hydrogens (tertiary/aromatic N) is 2. The molecule has 1 fully saturated rings. The molecule has 6 nitrogen and oxygen atoms in total. The van der Waals surface area contributed by atoms with Gasteiger partial charge >= 0.3 is 0 Å². The molecule has 4 rings (SSSR count). The molecule has 0 spiro atoms. The van der Waals surface area contributed by atoms with Crippen molar-refractivity contribution >= 4 is 33.0 Å². The molecule has 1 atom stereocenters. The maximum atomic E-state index is 13.5. The van der Waals surface area contributed by atoms with E-state index in [1.165, 1.54) is 16.8 Å². The quantitative estimate of drug-likeness (QED) is 0.558. The van der Waals surface area contributed by atoms with E-state index in [0.29, 0.717) is 32.6 Å². The van der Waals surface area contributed by atoms with Crippen molar-refractivity contribution in [1.29, 1.82) is 0 Å². The standard InChI is InChI=1S/C25H29N3O3S2/c1-19-8-6-11-23(20(19)2)27-13-15-28(16-14-27)25(29)22(18-21-9-4-3-5-10-21)26-33(30,31)24-12-7-17-32-24/h3-12,17,22,26H,13-16,18H2,1-2H3/t22-/m1/s1. The number of hydrogen-bond donors (Lipinski definition) is 1. The predicted octanol–water partition coefficient (Wildman–Crippen LogP) is 3.60. The molecule has 2 heterocycles. The van der Waals surface area contributed by atoms with Gasteiger partial charge in [0.2, 0.25) is 5.91 Å². The van der Waals surface area contributed by atoms with E-state index in [1.54, 1.807) is 22.4 Å². The molecule has 1 amide bonds. The van der Waals surface area contributed by atoms with Crippen LogP contribution in [0.15, 0.2) is 70.3 Å². The van der Waals surface area contributed by atoms with Crippen LogP contribution in [0, 0.1) is 13.8 Å². The van der Waals surface area contributed by atoms with Crippen LogP contribution >= 0.6 is 11.3 Å². The molecule has 0 unspecified atom stereocenters. The molecule has 0 radical (unpaired) electrons. The third-order valence-corrected chi connectivity index (χ3v) is 9.02. The molecule has 8 heteroatoms. The number of carbonyl (C=O) groups is 1. The number of piperazine rings is 1. The minimum Gasteiger partial charge on any atom is -0.368 e. The Bertz CT molecular complexity index is 1190. The molecule has 3 aromatic rings. The van der Waals surface area contributed by atoms with E-state index in [4.69, 9.17) is 0 Å². The Morgan fingerprint density at radius 3 is 2.36 bits per heavy atom. The summed E-state index contributed by atoms with van der Waals surface area (Å²) in [5.41, 5.74) is 4.61. The van der Waals surface area contributed by atoms with Crippen LogP contribution in [0.25, 0.3) is 0 Å². The van der Waals surface area contributed by atoms with Gasteiger partial charge in [0.25, 0.3) is 10.0 Å². The highest BCUT2D eigenvalue weighted by Crippen LogP contribution is 2.24. The monoisotopic (exact) mass is 483 g/mol. The average molecular weight is 484 g/mol. The lowest BCUT2D eigenvalue weighted by Gasteiger charge is -2.38. The van der Waals surface area contributed by atoms with Crippen molar-refractivity contribution in [3.63, 3.8) is 0 Å². The summed E-state index contributed by atoms with van der Waals surface area (Å²) < 4.78 is 28.7. The number of aryl methyl sites for hydroxylation is 1. The van der Waals surface area contributed by atoms with E-state index < -0.39 is 16.1 Å². The number of nitrogens with one attached hydrogen (secondary N) is 1. The van der Waals surface area contributed by atoms with Gasteiger partial charge in [-0.3, -0.25) is 4.79 Å². The van der Waals surface area contributed by atoms with Crippen LogP contribution in [-0.4, -0.2) is 51.4 Å². The summed E-state index contributed by atoms with van der Waals surface area (Å²) in [6.45, 7) is 6.76. The van der Waals surface area contributed by atoms with Gasteiger partial charge in [0.05, 0.1) is 0 Å². The molecular formula is C25H29N3O3S2. The summed E-state index contributed by atoms with van der Waals surface area (Å²) in [6.07, 6.45) is 0.307. The highest BCUT2D eigenvalue weighted by atomic mass is 32.2. The molecule has 0 bridgehead atoms. The lowest BCUT2D eigenvalue weighted by Crippen LogP contribution is -2.55. The van der Waals surface area contributed by atoms with Gasteiger partial charge in [-0.1, -0.05) is 48.5 Å². The summed E-state index contributed by atoms with van der Waals surface area (Å²) >= 11 is 1.14. The number of carbonyl (C=O) groups excluding carboxylic acids is 1. The zero-order valence-electron chi connectivity index (χ0n) is 18.9. The molecule has 0 aliphatic carbocycles.